The summed E-state index contributed by atoms with van der Waals surface area (Å²) in [6.07, 6.45) is 3.08. The summed E-state index contributed by atoms with van der Waals surface area (Å²) in [6, 6.07) is 4.39. The van der Waals surface area contributed by atoms with E-state index < -0.39 is 24.3 Å². The smallest absolute Gasteiger partial charge is 0.367 e. The van der Waals surface area contributed by atoms with E-state index in [1.165, 1.54) is 18.3 Å². The van der Waals surface area contributed by atoms with Crippen LogP contribution in [0.2, 0.25) is 0 Å². The predicted molar refractivity (Wildman–Crippen MR) is 113 cm³/mol. The first kappa shape index (κ1) is 21.8. The summed E-state index contributed by atoms with van der Waals surface area (Å²) >= 11 is 0. The molecule has 0 unspecified atom stereocenters. The molecule has 1 aliphatic carbocycles. The van der Waals surface area contributed by atoms with Crippen molar-refractivity contribution in [1.82, 2.24) is 19.7 Å². The summed E-state index contributed by atoms with van der Waals surface area (Å²) in [5, 5.41) is 5.45. The third-order valence-electron chi connectivity index (χ3n) is 4.97. The van der Waals surface area contributed by atoms with Gasteiger partial charge in [-0.15, -0.1) is 0 Å². The molecule has 2 heterocycles. The molecule has 32 heavy (non-hydrogen) atoms. The number of imidazole rings is 1. The number of benzene rings is 1. The van der Waals surface area contributed by atoms with Gasteiger partial charge in [0.2, 0.25) is 0 Å². The number of aromatic nitrogens is 3. The van der Waals surface area contributed by atoms with E-state index in [1.807, 2.05) is 0 Å². The van der Waals surface area contributed by atoms with Gasteiger partial charge in [-0.05, 0) is 38.0 Å². The van der Waals surface area contributed by atoms with Crippen LogP contribution in [-0.4, -0.2) is 39.0 Å². The Labute approximate surface area is 181 Å². The summed E-state index contributed by atoms with van der Waals surface area (Å²) in [6.45, 7) is 1.44. The molecule has 0 saturated heterocycles. The van der Waals surface area contributed by atoms with Crippen molar-refractivity contribution in [1.29, 1.82) is 0 Å². The van der Waals surface area contributed by atoms with E-state index in [1.54, 1.807) is 35.7 Å². The molecule has 0 aliphatic heterocycles. The molecule has 10 heteroatoms. The van der Waals surface area contributed by atoms with Gasteiger partial charge in [-0.1, -0.05) is 12.1 Å². The first-order valence-corrected chi connectivity index (χ1v) is 10.2. The van der Waals surface area contributed by atoms with Gasteiger partial charge in [-0.3, -0.25) is 9.20 Å². The zero-order valence-electron chi connectivity index (χ0n) is 17.2. The molecule has 168 valence electrons. The Morgan fingerprint density at radius 3 is 2.75 bits per heavy atom. The van der Waals surface area contributed by atoms with E-state index in [2.05, 4.69) is 20.6 Å². The Bertz CT molecular complexity index is 1180. The van der Waals surface area contributed by atoms with Crippen LogP contribution in [-0.2, 0) is 0 Å². The van der Waals surface area contributed by atoms with Crippen molar-refractivity contribution < 1.29 is 22.4 Å². The quantitative estimate of drug-likeness (QED) is 0.509. The number of amides is 1. The van der Waals surface area contributed by atoms with Crippen LogP contribution in [0.25, 0.3) is 23.0 Å². The third kappa shape index (κ3) is 4.90. The molecular weight excluding hydrogens is 426 g/mol. The highest BCUT2D eigenvalue weighted by atomic mass is 19.4. The first-order valence-electron chi connectivity index (χ1n) is 10.2. The number of hydrogen-bond donors (Lipinski definition) is 2. The van der Waals surface area contributed by atoms with Gasteiger partial charge in [-0.2, -0.15) is 13.2 Å². The number of fused-ring (bicyclic) bond motifs is 1. The monoisotopic (exact) mass is 447 g/mol. The lowest BCUT2D eigenvalue weighted by molar-refractivity contribution is -0.131. The minimum absolute atomic E-state index is 0.0414. The van der Waals surface area contributed by atoms with Gasteiger partial charge in [-0.25, -0.2) is 14.4 Å². The Morgan fingerprint density at radius 1 is 1.31 bits per heavy atom. The summed E-state index contributed by atoms with van der Waals surface area (Å²) in [7, 11) is 0. The second-order valence-electron chi connectivity index (χ2n) is 7.59. The minimum atomic E-state index is -4.30. The second-order valence-corrected chi connectivity index (χ2v) is 7.59. The lowest BCUT2D eigenvalue weighted by Gasteiger charge is -2.11. The molecule has 1 aromatic carbocycles. The van der Waals surface area contributed by atoms with Crippen molar-refractivity contribution in [3.63, 3.8) is 0 Å². The van der Waals surface area contributed by atoms with Gasteiger partial charge in [0, 0.05) is 24.3 Å². The van der Waals surface area contributed by atoms with Crippen molar-refractivity contribution in [2.75, 3.05) is 11.9 Å². The fourth-order valence-corrected chi connectivity index (χ4v) is 3.26. The molecular formula is C22H21F4N5O. The standard InChI is InChI=1S/C22H21F4N5O/c1-2-3-15-12-31-18(11-28-20(31)19(29-15)27-9-8-22(24,25)26)13-4-7-16(17(23)10-13)21(32)30-14-5-6-14/h2-4,7,10-12,14H,5-6,8-9H2,1H3,(H,27,29)(H,30,32). The Balaban J connectivity index is 1.68. The van der Waals surface area contributed by atoms with Crippen LogP contribution in [0, 0.1) is 5.82 Å². The second kappa shape index (κ2) is 8.60. The highest BCUT2D eigenvalue weighted by Gasteiger charge is 2.27. The molecule has 1 amide bonds. The maximum atomic E-state index is 14.7. The molecule has 0 spiro atoms. The zero-order valence-corrected chi connectivity index (χ0v) is 17.2. The van der Waals surface area contributed by atoms with E-state index in [0.29, 0.717) is 22.6 Å². The van der Waals surface area contributed by atoms with Gasteiger partial charge < -0.3 is 10.6 Å². The number of nitrogens with one attached hydrogen (secondary N) is 2. The molecule has 3 aromatic rings. The van der Waals surface area contributed by atoms with E-state index in [9.17, 15) is 22.4 Å². The Hall–Kier alpha value is -3.43. The SMILES string of the molecule is CC=Cc1cn2c(-c3ccc(C(=O)NC4CC4)c(F)c3)cnc2c(NCCC(F)(F)F)n1. The molecule has 1 fully saturated rings. The number of hydrogen-bond acceptors (Lipinski definition) is 4. The summed E-state index contributed by atoms with van der Waals surface area (Å²) in [4.78, 5) is 20.8. The number of halogens is 4. The minimum Gasteiger partial charge on any atom is -0.367 e. The average molecular weight is 447 g/mol. The number of allylic oxidation sites excluding steroid dienone is 1. The number of alkyl halides is 3. The van der Waals surface area contributed by atoms with Crippen LogP contribution in [0.5, 0.6) is 0 Å². The molecule has 1 aliphatic rings. The molecule has 0 radical (unpaired) electrons. The van der Waals surface area contributed by atoms with Crippen LogP contribution in [0.15, 0.2) is 36.7 Å². The first-order chi connectivity index (χ1) is 15.2. The lowest BCUT2D eigenvalue weighted by atomic mass is 10.1. The molecule has 6 nitrogen and oxygen atoms in total. The predicted octanol–water partition coefficient (Wildman–Crippen LogP) is 4.83. The van der Waals surface area contributed by atoms with Gasteiger partial charge in [0.05, 0.1) is 29.6 Å². The average Bonchev–Trinajstić information content (AvgIpc) is 3.42. The van der Waals surface area contributed by atoms with Gasteiger partial charge in [0.25, 0.3) is 5.91 Å². The maximum Gasteiger partial charge on any atom is 0.390 e. The molecule has 0 atom stereocenters. The third-order valence-corrected chi connectivity index (χ3v) is 4.97. The normalized spacial score (nSPS) is 14.3. The lowest BCUT2D eigenvalue weighted by Crippen LogP contribution is -2.26. The van der Waals surface area contributed by atoms with Crippen LogP contribution in [0.4, 0.5) is 23.4 Å². The van der Waals surface area contributed by atoms with Crippen LogP contribution < -0.4 is 10.6 Å². The number of rotatable bonds is 7. The Morgan fingerprint density at radius 2 is 2.09 bits per heavy atom. The van der Waals surface area contributed by atoms with Crippen LogP contribution >= 0.6 is 0 Å². The number of carbonyl (C=O) groups excluding carboxylic acids is 1. The highest BCUT2D eigenvalue weighted by Crippen LogP contribution is 2.27. The largest absolute Gasteiger partial charge is 0.390 e. The zero-order chi connectivity index (χ0) is 22.9. The van der Waals surface area contributed by atoms with Crippen molar-refractivity contribution in [3.8, 4) is 11.3 Å². The molecule has 2 N–H and O–H groups in total. The van der Waals surface area contributed by atoms with Gasteiger partial charge in [0.15, 0.2) is 11.5 Å². The van der Waals surface area contributed by atoms with E-state index in [-0.39, 0.29) is 24.0 Å². The van der Waals surface area contributed by atoms with Crippen LogP contribution in [0.1, 0.15) is 42.2 Å². The van der Waals surface area contributed by atoms with E-state index in [4.69, 9.17) is 0 Å². The number of nitrogens with zero attached hydrogens (tertiary/aromatic N) is 3. The van der Waals surface area contributed by atoms with Crippen molar-refractivity contribution in [2.24, 2.45) is 0 Å². The topological polar surface area (TPSA) is 71.3 Å². The molecule has 1 saturated carbocycles. The maximum absolute atomic E-state index is 14.7. The van der Waals surface area contributed by atoms with Crippen molar-refractivity contribution >= 4 is 23.4 Å². The van der Waals surface area contributed by atoms with Crippen molar-refractivity contribution in [3.05, 3.63) is 53.7 Å². The van der Waals surface area contributed by atoms with E-state index >= 15 is 0 Å². The fraction of sp³-hybridized carbons (Fsp3) is 0.318. The molecule has 0 bridgehead atoms. The van der Waals surface area contributed by atoms with Crippen LogP contribution in [0.3, 0.4) is 0 Å². The molecule has 4 rings (SSSR count). The van der Waals surface area contributed by atoms with Gasteiger partial charge in [0.1, 0.15) is 5.82 Å². The summed E-state index contributed by atoms with van der Waals surface area (Å²) in [5.74, 6) is -0.927. The van der Waals surface area contributed by atoms with Crippen molar-refractivity contribution in [2.45, 2.75) is 38.4 Å². The van der Waals surface area contributed by atoms with E-state index in [0.717, 1.165) is 12.8 Å². The highest BCUT2D eigenvalue weighted by molar-refractivity contribution is 5.95. The molecule has 2 aromatic heterocycles. The summed E-state index contributed by atoms with van der Waals surface area (Å²) < 4.78 is 53.9. The Kier molecular flexibility index (Phi) is 5.86. The number of carbonyl (C=O) groups is 1. The number of anilines is 1. The van der Waals surface area contributed by atoms with Gasteiger partial charge >= 0.3 is 6.18 Å². The fourth-order valence-electron chi connectivity index (χ4n) is 3.26. The summed E-state index contributed by atoms with van der Waals surface area (Å²) in [5.41, 5.74) is 1.75.